The van der Waals surface area contributed by atoms with Gasteiger partial charge in [-0.25, -0.2) is 4.79 Å². The second-order valence-electron chi connectivity index (χ2n) is 5.44. The Morgan fingerprint density at radius 2 is 1.69 bits per heavy atom. The van der Waals surface area contributed by atoms with E-state index in [9.17, 15) is 4.79 Å². The van der Waals surface area contributed by atoms with Crippen LogP contribution in [0, 0.1) is 11.8 Å². The Morgan fingerprint density at radius 3 is 2.35 bits per heavy atom. The molecule has 0 amide bonds. The number of carbonyl (C=O) groups is 1. The minimum Gasteiger partial charge on any atom is -0.497 e. The number of benzene rings is 2. The molecule has 0 fully saturated rings. The summed E-state index contributed by atoms with van der Waals surface area (Å²) in [6, 6.07) is 19.2. The Balaban J connectivity index is 1.73. The Bertz CT molecular complexity index is 942. The van der Waals surface area contributed by atoms with Gasteiger partial charge in [0.1, 0.15) is 5.75 Å². The minimum absolute atomic E-state index is 0.295. The van der Waals surface area contributed by atoms with Crippen LogP contribution in [-0.4, -0.2) is 19.7 Å². The van der Waals surface area contributed by atoms with Crippen molar-refractivity contribution >= 4 is 17.3 Å². The van der Waals surface area contributed by atoms with Gasteiger partial charge >= 0.3 is 5.97 Å². The maximum Gasteiger partial charge on any atom is 0.338 e. The van der Waals surface area contributed by atoms with Crippen LogP contribution in [0.4, 0.5) is 0 Å². The van der Waals surface area contributed by atoms with Crippen LogP contribution in [0.1, 0.15) is 27.7 Å². The Hall–Kier alpha value is -3.03. The van der Waals surface area contributed by atoms with E-state index in [1.54, 1.807) is 37.5 Å². The highest BCUT2D eigenvalue weighted by Crippen LogP contribution is 2.28. The van der Waals surface area contributed by atoms with E-state index >= 15 is 0 Å². The average molecular weight is 362 g/mol. The standard InChI is InChI=1S/C22H18O3S/c1-3-25-22(23)18-9-7-17(8-10-18)21-15-14-20(26-21)13-6-16-4-11-19(24-2)12-5-16/h4-5,7-12,14-15H,3H2,1-2H3. The zero-order chi connectivity index (χ0) is 18.4. The molecule has 0 spiro atoms. The molecule has 0 unspecified atom stereocenters. The van der Waals surface area contributed by atoms with Gasteiger partial charge in [-0.1, -0.05) is 24.0 Å². The SMILES string of the molecule is CCOC(=O)c1ccc(-c2ccc(C#Cc3ccc(OC)cc3)s2)cc1. The fourth-order valence-electron chi connectivity index (χ4n) is 2.35. The molecule has 0 atom stereocenters. The van der Waals surface area contributed by atoms with Crippen molar-refractivity contribution in [2.45, 2.75) is 6.92 Å². The first kappa shape index (κ1) is 17.8. The summed E-state index contributed by atoms with van der Waals surface area (Å²) in [6.07, 6.45) is 0. The van der Waals surface area contributed by atoms with Crippen molar-refractivity contribution in [1.29, 1.82) is 0 Å². The number of hydrogen-bond donors (Lipinski definition) is 0. The van der Waals surface area contributed by atoms with E-state index < -0.39 is 0 Å². The highest BCUT2D eigenvalue weighted by molar-refractivity contribution is 7.16. The van der Waals surface area contributed by atoms with Crippen LogP contribution in [0.25, 0.3) is 10.4 Å². The zero-order valence-corrected chi connectivity index (χ0v) is 15.4. The molecule has 0 radical (unpaired) electrons. The molecule has 0 saturated heterocycles. The quantitative estimate of drug-likeness (QED) is 0.484. The van der Waals surface area contributed by atoms with Crippen LogP contribution in [-0.2, 0) is 4.74 Å². The van der Waals surface area contributed by atoms with Crippen molar-refractivity contribution in [2.75, 3.05) is 13.7 Å². The third-order valence-electron chi connectivity index (χ3n) is 3.71. The fourth-order valence-corrected chi connectivity index (χ4v) is 3.22. The highest BCUT2D eigenvalue weighted by Gasteiger charge is 2.07. The van der Waals surface area contributed by atoms with Gasteiger partial charge in [0.05, 0.1) is 24.2 Å². The molecule has 0 aliphatic heterocycles. The third-order valence-corrected chi connectivity index (χ3v) is 4.76. The number of carbonyl (C=O) groups excluding carboxylic acids is 1. The van der Waals surface area contributed by atoms with Gasteiger partial charge in [0.2, 0.25) is 0 Å². The van der Waals surface area contributed by atoms with Crippen molar-refractivity contribution in [1.82, 2.24) is 0 Å². The molecule has 3 rings (SSSR count). The second-order valence-corrected chi connectivity index (χ2v) is 6.52. The first-order valence-electron chi connectivity index (χ1n) is 8.23. The lowest BCUT2D eigenvalue weighted by molar-refractivity contribution is 0.0526. The van der Waals surface area contributed by atoms with Crippen molar-refractivity contribution < 1.29 is 14.3 Å². The van der Waals surface area contributed by atoms with Crippen LogP contribution in [0.2, 0.25) is 0 Å². The van der Waals surface area contributed by atoms with Crippen LogP contribution >= 0.6 is 11.3 Å². The molecule has 26 heavy (non-hydrogen) atoms. The third kappa shape index (κ3) is 4.33. The first-order chi connectivity index (χ1) is 12.7. The number of hydrogen-bond acceptors (Lipinski definition) is 4. The van der Waals surface area contributed by atoms with Gasteiger partial charge in [0, 0.05) is 10.4 Å². The highest BCUT2D eigenvalue weighted by atomic mass is 32.1. The summed E-state index contributed by atoms with van der Waals surface area (Å²) in [5.41, 5.74) is 2.56. The summed E-state index contributed by atoms with van der Waals surface area (Å²) in [6.45, 7) is 2.17. The molecule has 1 aromatic heterocycles. The maximum absolute atomic E-state index is 11.7. The molecule has 0 N–H and O–H groups in total. The molecular weight excluding hydrogens is 344 g/mol. The Morgan fingerprint density at radius 1 is 0.962 bits per heavy atom. The molecule has 0 bridgehead atoms. The summed E-state index contributed by atoms with van der Waals surface area (Å²) in [7, 11) is 1.65. The smallest absolute Gasteiger partial charge is 0.338 e. The monoisotopic (exact) mass is 362 g/mol. The fraction of sp³-hybridized carbons (Fsp3) is 0.136. The van der Waals surface area contributed by atoms with Crippen molar-refractivity contribution in [3.63, 3.8) is 0 Å². The van der Waals surface area contributed by atoms with E-state index in [2.05, 4.69) is 11.8 Å². The number of methoxy groups -OCH3 is 1. The molecule has 3 aromatic rings. The van der Waals surface area contributed by atoms with Crippen LogP contribution in [0.3, 0.4) is 0 Å². The van der Waals surface area contributed by atoms with E-state index in [1.165, 1.54) is 0 Å². The summed E-state index contributed by atoms with van der Waals surface area (Å²) in [4.78, 5) is 13.8. The van der Waals surface area contributed by atoms with Gasteiger partial charge in [-0.15, -0.1) is 11.3 Å². The molecule has 3 nitrogen and oxygen atoms in total. The summed E-state index contributed by atoms with van der Waals surface area (Å²) >= 11 is 1.62. The first-order valence-corrected chi connectivity index (χ1v) is 9.04. The van der Waals surface area contributed by atoms with E-state index in [-0.39, 0.29) is 5.97 Å². The Kier molecular flexibility index (Phi) is 5.73. The van der Waals surface area contributed by atoms with Gasteiger partial charge in [-0.05, 0) is 61.0 Å². The van der Waals surface area contributed by atoms with Gasteiger partial charge in [0.25, 0.3) is 0 Å². The van der Waals surface area contributed by atoms with E-state index in [0.29, 0.717) is 12.2 Å². The minimum atomic E-state index is -0.295. The van der Waals surface area contributed by atoms with Gasteiger partial charge in [-0.2, -0.15) is 0 Å². The molecule has 0 aliphatic carbocycles. The topological polar surface area (TPSA) is 35.5 Å². The predicted octanol–water partition coefficient (Wildman–Crippen LogP) is 5.00. The number of esters is 1. The van der Waals surface area contributed by atoms with Gasteiger partial charge in [0.15, 0.2) is 0 Å². The number of thiophene rings is 1. The molecule has 0 saturated carbocycles. The summed E-state index contributed by atoms with van der Waals surface area (Å²) < 4.78 is 10.1. The number of ether oxygens (including phenoxy) is 2. The largest absolute Gasteiger partial charge is 0.497 e. The van der Waals surface area contributed by atoms with Crippen LogP contribution in [0.15, 0.2) is 60.7 Å². The number of rotatable bonds is 4. The van der Waals surface area contributed by atoms with Crippen molar-refractivity contribution in [3.8, 4) is 28.0 Å². The second kappa shape index (κ2) is 8.37. The molecule has 4 heteroatoms. The summed E-state index contributed by atoms with van der Waals surface area (Å²) in [5.74, 6) is 6.87. The van der Waals surface area contributed by atoms with E-state index in [1.807, 2.05) is 48.5 Å². The van der Waals surface area contributed by atoms with Gasteiger partial charge in [-0.3, -0.25) is 0 Å². The molecule has 130 valence electrons. The lowest BCUT2D eigenvalue weighted by Crippen LogP contribution is -2.03. The molecule has 1 heterocycles. The Labute approximate surface area is 157 Å². The molecule has 2 aromatic carbocycles. The lowest BCUT2D eigenvalue weighted by atomic mass is 10.1. The van der Waals surface area contributed by atoms with Gasteiger partial charge < -0.3 is 9.47 Å². The molecule has 0 aliphatic rings. The van der Waals surface area contributed by atoms with E-state index in [0.717, 1.165) is 26.6 Å². The summed E-state index contributed by atoms with van der Waals surface area (Å²) in [5, 5.41) is 0. The predicted molar refractivity (Wildman–Crippen MR) is 105 cm³/mol. The van der Waals surface area contributed by atoms with Crippen LogP contribution in [0.5, 0.6) is 5.75 Å². The average Bonchev–Trinajstić information content (AvgIpc) is 3.16. The normalized spacial score (nSPS) is 9.92. The van der Waals surface area contributed by atoms with Crippen molar-refractivity contribution in [2.24, 2.45) is 0 Å². The molecular formula is C22H18O3S. The maximum atomic E-state index is 11.7. The lowest BCUT2D eigenvalue weighted by Gasteiger charge is -2.02. The van der Waals surface area contributed by atoms with E-state index in [4.69, 9.17) is 9.47 Å². The van der Waals surface area contributed by atoms with Crippen molar-refractivity contribution in [3.05, 3.63) is 76.7 Å². The zero-order valence-electron chi connectivity index (χ0n) is 14.6. The van der Waals surface area contributed by atoms with Crippen LogP contribution < -0.4 is 4.74 Å².